The lowest BCUT2D eigenvalue weighted by Crippen LogP contribution is -2.24. The number of hydrogen-bond donors (Lipinski definition) is 4. The van der Waals surface area contributed by atoms with Gasteiger partial charge in [-0.15, -0.1) is 0 Å². The largest absolute Gasteiger partial charge is 0.478 e. The van der Waals surface area contributed by atoms with E-state index >= 15 is 0 Å². The van der Waals surface area contributed by atoms with E-state index in [1.54, 1.807) is 18.2 Å². The molecule has 1 aromatic heterocycles. The van der Waals surface area contributed by atoms with Crippen molar-refractivity contribution in [2.45, 2.75) is 19.3 Å². The van der Waals surface area contributed by atoms with Crippen molar-refractivity contribution in [1.29, 1.82) is 0 Å². The fraction of sp³-hybridized carbons (Fsp3) is 0.333. The molecule has 0 bridgehead atoms. The number of carbonyl (C=O) groups is 2. The lowest BCUT2D eigenvalue weighted by molar-refractivity contribution is 0.0696. The first-order valence-corrected chi connectivity index (χ1v) is 6.96. The average molecular weight is 289 g/mol. The first kappa shape index (κ1) is 15.1. The van der Waals surface area contributed by atoms with E-state index in [0.717, 1.165) is 24.8 Å². The summed E-state index contributed by atoms with van der Waals surface area (Å²) in [6.07, 6.45) is 2.85. The summed E-state index contributed by atoms with van der Waals surface area (Å²) in [5.41, 5.74) is 6.79. The molecule has 0 unspecified atom stereocenters. The van der Waals surface area contributed by atoms with Crippen LogP contribution in [0.4, 0.5) is 0 Å². The summed E-state index contributed by atoms with van der Waals surface area (Å²) in [4.78, 5) is 25.9. The SMILES string of the molecule is NCCCCCNC(=O)c1cc2cc(C(=O)O)ccc2[nH]1. The normalized spacial score (nSPS) is 10.7. The molecular weight excluding hydrogens is 270 g/mol. The number of H-pyrrole nitrogens is 1. The Kier molecular flexibility index (Phi) is 4.94. The number of fused-ring (bicyclic) bond motifs is 1. The van der Waals surface area contributed by atoms with Crippen molar-refractivity contribution < 1.29 is 14.7 Å². The molecule has 2 rings (SSSR count). The van der Waals surface area contributed by atoms with Gasteiger partial charge in [-0.05, 0) is 43.7 Å². The molecule has 0 aliphatic heterocycles. The smallest absolute Gasteiger partial charge is 0.335 e. The second kappa shape index (κ2) is 6.90. The minimum absolute atomic E-state index is 0.184. The molecule has 6 heteroatoms. The highest BCUT2D eigenvalue weighted by atomic mass is 16.4. The fourth-order valence-electron chi connectivity index (χ4n) is 2.13. The molecule has 0 saturated carbocycles. The standard InChI is InChI=1S/C15H19N3O3/c16-6-2-1-3-7-17-14(19)13-9-11-8-10(15(20)21)4-5-12(11)18-13/h4-5,8-9,18H,1-3,6-7,16H2,(H,17,19)(H,20,21). The number of aromatic amines is 1. The Hall–Kier alpha value is -2.34. The Balaban J connectivity index is 2.01. The van der Waals surface area contributed by atoms with E-state index in [-0.39, 0.29) is 11.5 Å². The van der Waals surface area contributed by atoms with E-state index in [9.17, 15) is 9.59 Å². The Labute approximate surface area is 122 Å². The Morgan fingerprint density at radius 3 is 2.71 bits per heavy atom. The maximum atomic E-state index is 12.0. The number of nitrogens with one attached hydrogen (secondary N) is 2. The Morgan fingerprint density at radius 1 is 1.19 bits per heavy atom. The molecule has 5 N–H and O–H groups in total. The molecule has 0 fully saturated rings. The second-order valence-corrected chi connectivity index (χ2v) is 4.90. The van der Waals surface area contributed by atoms with E-state index in [4.69, 9.17) is 10.8 Å². The van der Waals surface area contributed by atoms with Gasteiger partial charge in [0.15, 0.2) is 0 Å². The van der Waals surface area contributed by atoms with Gasteiger partial charge in [-0.25, -0.2) is 4.79 Å². The zero-order chi connectivity index (χ0) is 15.2. The van der Waals surface area contributed by atoms with Gasteiger partial charge in [0.25, 0.3) is 5.91 Å². The van der Waals surface area contributed by atoms with Gasteiger partial charge in [0.2, 0.25) is 0 Å². The van der Waals surface area contributed by atoms with E-state index in [1.807, 2.05) is 0 Å². The van der Waals surface area contributed by atoms with Gasteiger partial charge in [0, 0.05) is 17.4 Å². The molecule has 0 saturated heterocycles. The van der Waals surface area contributed by atoms with Crippen molar-refractivity contribution in [2.75, 3.05) is 13.1 Å². The molecule has 21 heavy (non-hydrogen) atoms. The van der Waals surface area contributed by atoms with Crippen LogP contribution in [0.25, 0.3) is 10.9 Å². The molecule has 1 aromatic carbocycles. The predicted molar refractivity (Wildman–Crippen MR) is 80.5 cm³/mol. The summed E-state index contributed by atoms with van der Waals surface area (Å²) in [6.45, 7) is 1.27. The van der Waals surface area contributed by atoms with Gasteiger partial charge in [0.05, 0.1) is 5.56 Å². The first-order valence-electron chi connectivity index (χ1n) is 6.96. The number of carboxylic acid groups (broad SMARTS) is 1. The maximum absolute atomic E-state index is 12.0. The van der Waals surface area contributed by atoms with Gasteiger partial charge in [-0.2, -0.15) is 0 Å². The highest BCUT2D eigenvalue weighted by molar-refractivity contribution is 6.00. The molecule has 0 spiro atoms. The zero-order valence-electron chi connectivity index (χ0n) is 11.7. The topological polar surface area (TPSA) is 108 Å². The number of unbranched alkanes of at least 4 members (excludes halogenated alkanes) is 2. The molecule has 0 atom stereocenters. The van der Waals surface area contributed by atoms with Crippen LogP contribution in [0, 0.1) is 0 Å². The van der Waals surface area contributed by atoms with Crippen molar-refractivity contribution >= 4 is 22.8 Å². The summed E-state index contributed by atoms with van der Waals surface area (Å²) in [6, 6.07) is 6.38. The van der Waals surface area contributed by atoms with Gasteiger partial charge in [-0.1, -0.05) is 6.42 Å². The number of nitrogens with two attached hydrogens (primary N) is 1. The summed E-state index contributed by atoms with van der Waals surface area (Å²) in [5.74, 6) is -1.17. The molecule has 2 aromatic rings. The van der Waals surface area contributed by atoms with Crippen LogP contribution in [-0.4, -0.2) is 35.1 Å². The number of aromatic nitrogens is 1. The van der Waals surface area contributed by atoms with Gasteiger partial charge in [0.1, 0.15) is 5.69 Å². The molecule has 0 aliphatic rings. The van der Waals surface area contributed by atoms with Crippen molar-refractivity contribution in [3.63, 3.8) is 0 Å². The summed E-state index contributed by atoms with van der Waals surface area (Å²) < 4.78 is 0. The van der Waals surface area contributed by atoms with Gasteiger partial charge >= 0.3 is 5.97 Å². The third-order valence-electron chi connectivity index (χ3n) is 3.28. The van der Waals surface area contributed by atoms with Crippen molar-refractivity contribution in [2.24, 2.45) is 5.73 Å². The number of aromatic carboxylic acids is 1. The monoisotopic (exact) mass is 289 g/mol. The fourth-order valence-corrected chi connectivity index (χ4v) is 2.13. The van der Waals surface area contributed by atoms with Crippen LogP contribution >= 0.6 is 0 Å². The molecule has 112 valence electrons. The molecule has 1 heterocycles. The summed E-state index contributed by atoms with van der Waals surface area (Å²) in [7, 11) is 0. The highest BCUT2D eigenvalue weighted by Crippen LogP contribution is 2.17. The molecular formula is C15H19N3O3. The van der Waals surface area contributed by atoms with E-state index in [0.29, 0.717) is 24.2 Å². The second-order valence-electron chi connectivity index (χ2n) is 4.90. The van der Waals surface area contributed by atoms with E-state index < -0.39 is 5.97 Å². The van der Waals surface area contributed by atoms with Crippen LogP contribution in [0.1, 0.15) is 40.1 Å². The van der Waals surface area contributed by atoms with Crippen LogP contribution in [0.15, 0.2) is 24.3 Å². The van der Waals surface area contributed by atoms with Crippen LogP contribution in [-0.2, 0) is 0 Å². The molecule has 1 amide bonds. The Bertz CT molecular complexity index is 649. The lowest BCUT2D eigenvalue weighted by Gasteiger charge is -2.02. The van der Waals surface area contributed by atoms with Crippen LogP contribution in [0.5, 0.6) is 0 Å². The quantitative estimate of drug-likeness (QED) is 0.582. The number of amides is 1. The first-order chi connectivity index (χ1) is 10.1. The highest BCUT2D eigenvalue weighted by Gasteiger charge is 2.10. The zero-order valence-corrected chi connectivity index (χ0v) is 11.7. The van der Waals surface area contributed by atoms with Crippen molar-refractivity contribution in [1.82, 2.24) is 10.3 Å². The van der Waals surface area contributed by atoms with E-state index in [2.05, 4.69) is 10.3 Å². The molecule has 0 radical (unpaired) electrons. The predicted octanol–water partition coefficient (Wildman–Crippen LogP) is 1.72. The van der Waals surface area contributed by atoms with Gasteiger partial charge in [-0.3, -0.25) is 4.79 Å². The minimum Gasteiger partial charge on any atom is -0.478 e. The van der Waals surface area contributed by atoms with Crippen LogP contribution < -0.4 is 11.1 Å². The average Bonchev–Trinajstić information content (AvgIpc) is 2.89. The molecule has 0 aliphatic carbocycles. The lowest BCUT2D eigenvalue weighted by atomic mass is 10.1. The van der Waals surface area contributed by atoms with E-state index in [1.165, 1.54) is 6.07 Å². The van der Waals surface area contributed by atoms with Crippen LogP contribution in [0.3, 0.4) is 0 Å². The summed E-state index contributed by atoms with van der Waals surface area (Å²) in [5, 5.41) is 12.5. The van der Waals surface area contributed by atoms with Crippen molar-refractivity contribution in [3.05, 3.63) is 35.5 Å². The number of benzene rings is 1. The van der Waals surface area contributed by atoms with Gasteiger partial charge < -0.3 is 21.1 Å². The Morgan fingerprint density at radius 2 is 2.00 bits per heavy atom. The third kappa shape index (κ3) is 3.82. The number of carbonyl (C=O) groups excluding carboxylic acids is 1. The maximum Gasteiger partial charge on any atom is 0.335 e. The van der Waals surface area contributed by atoms with Crippen molar-refractivity contribution in [3.8, 4) is 0 Å². The van der Waals surface area contributed by atoms with Crippen LogP contribution in [0.2, 0.25) is 0 Å². The number of hydrogen-bond acceptors (Lipinski definition) is 3. The number of rotatable bonds is 7. The number of carboxylic acids is 1. The molecule has 6 nitrogen and oxygen atoms in total. The third-order valence-corrected chi connectivity index (χ3v) is 3.28. The summed E-state index contributed by atoms with van der Waals surface area (Å²) >= 11 is 0. The minimum atomic E-state index is -0.982.